The second-order valence-corrected chi connectivity index (χ2v) is 6.18. The van der Waals surface area contributed by atoms with E-state index < -0.39 is 0 Å². The Bertz CT molecular complexity index is 1240. The molecule has 3 aromatic carbocycles. The number of fused-ring (bicyclic) bond motifs is 3. The molecule has 5 rings (SSSR count). The van der Waals surface area contributed by atoms with E-state index >= 15 is 0 Å². The van der Waals surface area contributed by atoms with Crippen LogP contribution in [0.25, 0.3) is 44.4 Å². The number of hydrogen-bond donors (Lipinski definition) is 0. The molecule has 0 aliphatic carbocycles. The molecule has 0 fully saturated rings. The summed E-state index contributed by atoms with van der Waals surface area (Å²) in [7, 11) is 0. The number of rotatable bonds is 3. The third-order valence-corrected chi connectivity index (χ3v) is 4.63. The molecule has 124 valence electrons. The zero-order chi connectivity index (χ0) is 17.5. The summed E-state index contributed by atoms with van der Waals surface area (Å²) in [6.45, 7) is 0. The minimum absolute atomic E-state index is 0.330. The summed E-state index contributed by atoms with van der Waals surface area (Å²) in [5.41, 5.74) is 4.84. The van der Waals surface area contributed by atoms with Crippen LogP contribution in [0.4, 0.5) is 0 Å². The van der Waals surface area contributed by atoms with Crippen molar-refractivity contribution in [2.75, 3.05) is 0 Å². The van der Waals surface area contributed by atoms with Gasteiger partial charge in [-0.25, -0.2) is 0 Å². The molecular weight excluding hydrogens is 324 g/mol. The van der Waals surface area contributed by atoms with Crippen LogP contribution in [0.3, 0.4) is 0 Å². The van der Waals surface area contributed by atoms with Crippen molar-refractivity contribution in [1.82, 2.24) is 0 Å². The van der Waals surface area contributed by atoms with Crippen LogP contribution < -0.4 is 0 Å². The van der Waals surface area contributed by atoms with E-state index in [9.17, 15) is 4.79 Å². The average molecular weight is 338 g/mol. The summed E-state index contributed by atoms with van der Waals surface area (Å²) >= 11 is 0. The van der Waals surface area contributed by atoms with Gasteiger partial charge in [0.2, 0.25) is 0 Å². The van der Waals surface area contributed by atoms with Crippen LogP contribution in [0.2, 0.25) is 0 Å². The Morgan fingerprint density at radius 1 is 0.654 bits per heavy atom. The second-order valence-electron chi connectivity index (χ2n) is 6.18. The zero-order valence-electron chi connectivity index (χ0n) is 13.8. The molecule has 0 spiro atoms. The maximum Gasteiger partial charge on any atom is 0.185 e. The lowest BCUT2D eigenvalue weighted by molar-refractivity contribution is 0.110. The molecule has 3 nitrogen and oxygen atoms in total. The molecule has 0 saturated heterocycles. The van der Waals surface area contributed by atoms with Gasteiger partial charge >= 0.3 is 0 Å². The van der Waals surface area contributed by atoms with Gasteiger partial charge in [-0.3, -0.25) is 4.79 Å². The molecule has 0 saturated carbocycles. The van der Waals surface area contributed by atoms with Crippen molar-refractivity contribution >= 4 is 28.2 Å². The maximum atomic E-state index is 10.8. The van der Waals surface area contributed by atoms with Crippen molar-refractivity contribution in [3.8, 4) is 22.5 Å². The van der Waals surface area contributed by atoms with Crippen LogP contribution in [-0.4, -0.2) is 6.29 Å². The first-order valence-corrected chi connectivity index (χ1v) is 8.39. The highest BCUT2D eigenvalue weighted by Gasteiger charge is 2.12. The van der Waals surface area contributed by atoms with E-state index in [2.05, 4.69) is 24.3 Å². The summed E-state index contributed by atoms with van der Waals surface area (Å²) in [6, 6.07) is 25.8. The number of para-hydroxylation sites is 2. The summed E-state index contributed by atoms with van der Waals surface area (Å²) in [5.74, 6) is 1.01. The van der Waals surface area contributed by atoms with Crippen LogP contribution in [0.15, 0.2) is 87.7 Å². The molecule has 0 unspecified atom stereocenters. The normalized spacial score (nSPS) is 11.2. The lowest BCUT2D eigenvalue weighted by Gasteiger charge is -2.04. The number of carbonyl (C=O) groups excluding carboxylic acids is 1. The Kier molecular flexibility index (Phi) is 3.25. The molecule has 26 heavy (non-hydrogen) atoms. The molecule has 2 aromatic heterocycles. The average Bonchev–Trinajstić information content (AvgIpc) is 3.32. The van der Waals surface area contributed by atoms with Gasteiger partial charge in [0.1, 0.15) is 16.9 Å². The third-order valence-electron chi connectivity index (χ3n) is 4.63. The van der Waals surface area contributed by atoms with Crippen molar-refractivity contribution in [3.05, 3.63) is 84.6 Å². The van der Waals surface area contributed by atoms with E-state index in [-0.39, 0.29) is 0 Å². The first-order chi connectivity index (χ1) is 12.8. The minimum Gasteiger partial charge on any atom is -0.455 e. The Labute approximate surface area is 149 Å². The summed E-state index contributed by atoms with van der Waals surface area (Å²) in [6.07, 6.45) is 0.708. The second kappa shape index (κ2) is 5.74. The van der Waals surface area contributed by atoms with Gasteiger partial charge in [-0.2, -0.15) is 0 Å². The monoisotopic (exact) mass is 338 g/mol. The van der Waals surface area contributed by atoms with Gasteiger partial charge in [0, 0.05) is 21.9 Å². The van der Waals surface area contributed by atoms with E-state index in [0.717, 1.165) is 38.6 Å². The van der Waals surface area contributed by atoms with E-state index in [1.807, 2.05) is 42.5 Å². The molecule has 0 aliphatic heterocycles. The minimum atomic E-state index is 0.330. The highest BCUT2D eigenvalue weighted by molar-refractivity contribution is 6.09. The molecule has 0 bridgehead atoms. The van der Waals surface area contributed by atoms with Gasteiger partial charge in [0.15, 0.2) is 12.0 Å². The van der Waals surface area contributed by atoms with Crippen molar-refractivity contribution < 1.29 is 13.6 Å². The Morgan fingerprint density at radius 2 is 1.42 bits per heavy atom. The predicted molar refractivity (Wildman–Crippen MR) is 102 cm³/mol. The van der Waals surface area contributed by atoms with Crippen LogP contribution >= 0.6 is 0 Å². The molecule has 0 amide bonds. The Hall–Kier alpha value is -3.59. The van der Waals surface area contributed by atoms with Crippen LogP contribution in [0, 0.1) is 0 Å². The van der Waals surface area contributed by atoms with E-state index in [4.69, 9.17) is 8.83 Å². The highest BCUT2D eigenvalue weighted by atomic mass is 16.3. The summed E-state index contributed by atoms with van der Waals surface area (Å²) in [4.78, 5) is 10.8. The number of furan rings is 2. The smallest absolute Gasteiger partial charge is 0.185 e. The van der Waals surface area contributed by atoms with Crippen LogP contribution in [0.1, 0.15) is 10.6 Å². The van der Waals surface area contributed by atoms with Gasteiger partial charge in [-0.05, 0) is 23.8 Å². The molecule has 3 heteroatoms. The molecule has 5 aromatic rings. The first kappa shape index (κ1) is 14.7. The predicted octanol–water partition coefficient (Wildman–Crippen LogP) is 6.33. The standard InChI is InChI=1S/C23H14O3/c24-14-17-12-13-21(25-17)16-10-8-15(9-11-16)18-5-3-6-20-19-4-1-2-7-22(19)26-23(18)20/h1-14H. The van der Waals surface area contributed by atoms with Crippen molar-refractivity contribution in [3.63, 3.8) is 0 Å². The van der Waals surface area contributed by atoms with Gasteiger partial charge in [-0.1, -0.05) is 60.7 Å². The topological polar surface area (TPSA) is 43.4 Å². The molecule has 0 N–H and O–H groups in total. The van der Waals surface area contributed by atoms with E-state index in [0.29, 0.717) is 17.8 Å². The molecule has 0 atom stereocenters. The van der Waals surface area contributed by atoms with Crippen molar-refractivity contribution in [2.45, 2.75) is 0 Å². The molecule has 2 heterocycles. The lowest BCUT2D eigenvalue weighted by atomic mass is 10.0. The van der Waals surface area contributed by atoms with Gasteiger partial charge in [-0.15, -0.1) is 0 Å². The largest absolute Gasteiger partial charge is 0.455 e. The molecule has 0 aliphatic rings. The van der Waals surface area contributed by atoms with Gasteiger partial charge in [0.25, 0.3) is 0 Å². The van der Waals surface area contributed by atoms with Gasteiger partial charge in [0.05, 0.1) is 0 Å². The summed E-state index contributed by atoms with van der Waals surface area (Å²) < 4.78 is 11.6. The lowest BCUT2D eigenvalue weighted by Crippen LogP contribution is -1.80. The Balaban J connectivity index is 1.62. The fourth-order valence-corrected chi connectivity index (χ4v) is 3.36. The third kappa shape index (κ3) is 2.25. The number of hydrogen-bond acceptors (Lipinski definition) is 3. The van der Waals surface area contributed by atoms with Gasteiger partial charge < -0.3 is 8.83 Å². The first-order valence-electron chi connectivity index (χ1n) is 8.39. The highest BCUT2D eigenvalue weighted by Crippen LogP contribution is 2.36. The van der Waals surface area contributed by atoms with Crippen molar-refractivity contribution in [2.24, 2.45) is 0 Å². The zero-order valence-corrected chi connectivity index (χ0v) is 13.8. The quantitative estimate of drug-likeness (QED) is 0.361. The fourth-order valence-electron chi connectivity index (χ4n) is 3.36. The SMILES string of the molecule is O=Cc1ccc(-c2ccc(-c3cccc4c3oc3ccccc34)cc2)o1. The van der Waals surface area contributed by atoms with Crippen molar-refractivity contribution in [1.29, 1.82) is 0 Å². The van der Waals surface area contributed by atoms with Crippen LogP contribution in [0.5, 0.6) is 0 Å². The van der Waals surface area contributed by atoms with E-state index in [1.165, 1.54) is 0 Å². The van der Waals surface area contributed by atoms with E-state index in [1.54, 1.807) is 12.1 Å². The number of benzene rings is 3. The molecule has 0 radical (unpaired) electrons. The van der Waals surface area contributed by atoms with Crippen LogP contribution in [-0.2, 0) is 0 Å². The Morgan fingerprint density at radius 3 is 2.23 bits per heavy atom. The summed E-state index contributed by atoms with van der Waals surface area (Å²) in [5, 5.41) is 2.24. The number of carbonyl (C=O) groups is 1. The number of aldehydes is 1. The fraction of sp³-hybridized carbons (Fsp3) is 0. The molecular formula is C23H14O3. The maximum absolute atomic E-state index is 10.8.